The number of aliphatic imine (C=N–C) groups is 1. The van der Waals surface area contributed by atoms with Crippen LogP contribution in [0.15, 0.2) is 27.7 Å². The molecule has 0 bridgehead atoms. The summed E-state index contributed by atoms with van der Waals surface area (Å²) in [6, 6.07) is 6.31. The molecule has 0 unspecified atom stereocenters. The molecule has 2 aliphatic rings. The third-order valence-corrected chi connectivity index (χ3v) is 5.00. The maximum absolute atomic E-state index is 11.0. The molecule has 1 aliphatic carbocycles. The molecule has 1 aliphatic heterocycles. The molecular weight excluding hydrogens is 332 g/mol. The molecule has 1 aromatic carbocycles. The molecule has 21 heavy (non-hydrogen) atoms. The maximum atomic E-state index is 11.0. The van der Waals surface area contributed by atoms with Gasteiger partial charge in [0.1, 0.15) is 5.54 Å². The van der Waals surface area contributed by atoms with Crippen LogP contribution >= 0.6 is 15.9 Å². The average molecular weight is 351 g/mol. The van der Waals surface area contributed by atoms with Crippen LogP contribution in [0.3, 0.4) is 0 Å². The Bertz CT molecular complexity index is 557. The summed E-state index contributed by atoms with van der Waals surface area (Å²) in [6.07, 6.45) is 5.89. The number of benzene rings is 1. The lowest BCUT2D eigenvalue weighted by Gasteiger charge is -2.34. The topological polar surface area (TPSA) is 41.9 Å². The van der Waals surface area contributed by atoms with Gasteiger partial charge in [-0.25, -0.2) is 4.79 Å². The first-order valence-corrected chi connectivity index (χ1v) is 8.26. The van der Waals surface area contributed by atoms with Crippen LogP contribution in [0.1, 0.15) is 31.2 Å². The van der Waals surface area contributed by atoms with Gasteiger partial charge in [0.2, 0.25) is 6.08 Å². The summed E-state index contributed by atoms with van der Waals surface area (Å²) in [4.78, 5) is 17.6. The molecule has 0 amide bonds. The highest BCUT2D eigenvalue weighted by Crippen LogP contribution is 2.46. The lowest BCUT2D eigenvalue weighted by Crippen LogP contribution is -2.38. The molecule has 1 saturated carbocycles. The van der Waals surface area contributed by atoms with Gasteiger partial charge in [-0.2, -0.15) is 4.99 Å². The van der Waals surface area contributed by atoms with Gasteiger partial charge in [-0.15, -0.1) is 0 Å². The number of anilines is 1. The lowest BCUT2D eigenvalue weighted by molar-refractivity contribution is 0.122. The first-order valence-electron chi connectivity index (χ1n) is 7.47. The summed E-state index contributed by atoms with van der Waals surface area (Å²) >= 11 is 3.56. The lowest BCUT2D eigenvalue weighted by atomic mass is 9.87. The Morgan fingerprint density at radius 3 is 2.62 bits per heavy atom. The largest absolute Gasteiger partial charge is 0.378 e. The van der Waals surface area contributed by atoms with E-state index in [1.807, 2.05) is 6.08 Å². The fourth-order valence-electron chi connectivity index (χ4n) is 3.45. The first kappa shape index (κ1) is 14.8. The smallest absolute Gasteiger partial charge is 0.235 e. The van der Waals surface area contributed by atoms with E-state index in [0.29, 0.717) is 0 Å². The van der Waals surface area contributed by atoms with Crippen molar-refractivity contribution in [2.45, 2.75) is 31.2 Å². The van der Waals surface area contributed by atoms with Crippen LogP contribution in [0.2, 0.25) is 0 Å². The van der Waals surface area contributed by atoms with E-state index in [1.165, 1.54) is 5.69 Å². The second-order valence-electron chi connectivity index (χ2n) is 5.70. The zero-order chi connectivity index (χ0) is 14.7. The van der Waals surface area contributed by atoms with Crippen LogP contribution < -0.4 is 4.90 Å². The third kappa shape index (κ3) is 2.91. The van der Waals surface area contributed by atoms with E-state index in [0.717, 1.165) is 62.0 Å². The summed E-state index contributed by atoms with van der Waals surface area (Å²) in [5.41, 5.74) is 1.95. The molecule has 4 nitrogen and oxygen atoms in total. The van der Waals surface area contributed by atoms with Gasteiger partial charge in [0, 0.05) is 28.8 Å². The summed E-state index contributed by atoms with van der Waals surface area (Å²) in [5, 5.41) is 0. The van der Waals surface area contributed by atoms with Gasteiger partial charge in [-0.3, -0.25) is 0 Å². The normalized spacial score (nSPS) is 21.1. The molecular formula is C16H19BrN2O2. The number of halogens is 1. The first-order chi connectivity index (χ1) is 10.2. The van der Waals surface area contributed by atoms with Crippen molar-refractivity contribution >= 4 is 27.7 Å². The minimum absolute atomic E-state index is 0.390. The molecule has 0 atom stereocenters. The van der Waals surface area contributed by atoms with Crippen molar-refractivity contribution in [2.75, 3.05) is 31.2 Å². The van der Waals surface area contributed by atoms with Crippen molar-refractivity contribution in [3.05, 3.63) is 28.2 Å². The van der Waals surface area contributed by atoms with Crippen molar-refractivity contribution in [1.29, 1.82) is 0 Å². The van der Waals surface area contributed by atoms with E-state index in [2.05, 4.69) is 44.0 Å². The molecule has 1 aromatic rings. The highest BCUT2D eigenvalue weighted by molar-refractivity contribution is 9.10. The molecule has 2 fully saturated rings. The Kier molecular flexibility index (Phi) is 4.43. The van der Waals surface area contributed by atoms with Gasteiger partial charge >= 0.3 is 0 Å². The maximum Gasteiger partial charge on any atom is 0.235 e. The molecule has 0 radical (unpaired) electrons. The molecule has 0 spiro atoms. The molecule has 3 rings (SSSR count). The molecule has 0 aromatic heterocycles. The quantitative estimate of drug-likeness (QED) is 0.619. The summed E-state index contributed by atoms with van der Waals surface area (Å²) in [7, 11) is 0. The Morgan fingerprint density at radius 1 is 1.24 bits per heavy atom. The van der Waals surface area contributed by atoms with Gasteiger partial charge in [0.25, 0.3) is 0 Å². The van der Waals surface area contributed by atoms with E-state index in [-0.39, 0.29) is 5.54 Å². The zero-order valence-electron chi connectivity index (χ0n) is 12.0. The number of carbonyl (C=O) groups excluding carboxylic acids is 1. The average Bonchev–Trinajstić information content (AvgIpc) is 2.98. The molecule has 5 heteroatoms. The Balaban J connectivity index is 2.06. The molecule has 1 heterocycles. The number of isocyanates is 1. The van der Waals surface area contributed by atoms with Crippen molar-refractivity contribution in [2.24, 2.45) is 4.99 Å². The van der Waals surface area contributed by atoms with E-state index in [4.69, 9.17) is 4.74 Å². The van der Waals surface area contributed by atoms with Gasteiger partial charge in [0.05, 0.1) is 13.2 Å². The van der Waals surface area contributed by atoms with Gasteiger partial charge in [0.15, 0.2) is 0 Å². The van der Waals surface area contributed by atoms with E-state index < -0.39 is 0 Å². The Labute approximate surface area is 133 Å². The monoisotopic (exact) mass is 350 g/mol. The van der Waals surface area contributed by atoms with Crippen LogP contribution in [0.25, 0.3) is 0 Å². The number of nitrogens with zero attached hydrogens (tertiary/aromatic N) is 2. The van der Waals surface area contributed by atoms with Crippen molar-refractivity contribution < 1.29 is 9.53 Å². The van der Waals surface area contributed by atoms with E-state index >= 15 is 0 Å². The predicted molar refractivity (Wildman–Crippen MR) is 85.4 cm³/mol. The molecule has 1 saturated heterocycles. The fraction of sp³-hybridized carbons (Fsp3) is 0.562. The third-order valence-electron chi connectivity index (χ3n) is 4.50. The molecule has 112 valence electrons. The summed E-state index contributed by atoms with van der Waals surface area (Å²) in [5.74, 6) is 0. The van der Waals surface area contributed by atoms with Crippen LogP contribution in [0.5, 0.6) is 0 Å². The summed E-state index contributed by atoms with van der Waals surface area (Å²) in [6.45, 7) is 3.27. The van der Waals surface area contributed by atoms with Gasteiger partial charge < -0.3 is 9.64 Å². The minimum Gasteiger partial charge on any atom is -0.378 e. The predicted octanol–water partition coefficient (Wildman–Crippen LogP) is 3.39. The second kappa shape index (κ2) is 6.30. The number of hydrogen-bond donors (Lipinski definition) is 0. The Morgan fingerprint density at radius 2 is 1.95 bits per heavy atom. The van der Waals surface area contributed by atoms with Gasteiger partial charge in [-0.05, 0) is 31.0 Å². The highest BCUT2D eigenvalue weighted by Gasteiger charge is 2.38. The number of ether oxygens (including phenoxy) is 1. The highest BCUT2D eigenvalue weighted by atomic mass is 79.9. The summed E-state index contributed by atoms with van der Waals surface area (Å²) < 4.78 is 6.48. The van der Waals surface area contributed by atoms with E-state index in [9.17, 15) is 4.79 Å². The van der Waals surface area contributed by atoms with Crippen molar-refractivity contribution in [1.82, 2.24) is 0 Å². The minimum atomic E-state index is -0.390. The number of rotatable bonds is 3. The standard InChI is InChI=1S/C16H19BrN2O2/c17-13-3-4-15(19-7-9-21-10-8-19)14(11-13)16(18-12-20)5-1-2-6-16/h3-4,11H,1-2,5-10H2. The van der Waals surface area contributed by atoms with Crippen LogP contribution in [0.4, 0.5) is 5.69 Å². The fourth-order valence-corrected chi connectivity index (χ4v) is 3.81. The van der Waals surface area contributed by atoms with Crippen molar-refractivity contribution in [3.63, 3.8) is 0 Å². The second-order valence-corrected chi connectivity index (χ2v) is 6.62. The molecule has 0 N–H and O–H groups in total. The zero-order valence-corrected chi connectivity index (χ0v) is 13.6. The van der Waals surface area contributed by atoms with Crippen LogP contribution in [-0.4, -0.2) is 32.4 Å². The van der Waals surface area contributed by atoms with Crippen molar-refractivity contribution in [3.8, 4) is 0 Å². The van der Waals surface area contributed by atoms with Crippen LogP contribution in [0, 0.1) is 0 Å². The Hall–Kier alpha value is -1.16. The van der Waals surface area contributed by atoms with Gasteiger partial charge in [-0.1, -0.05) is 28.8 Å². The van der Waals surface area contributed by atoms with Crippen LogP contribution in [-0.2, 0) is 15.1 Å². The van der Waals surface area contributed by atoms with E-state index in [1.54, 1.807) is 0 Å². The SMILES string of the molecule is O=C=NC1(c2cc(Br)ccc2N2CCOCC2)CCCC1. The number of morpholine rings is 1. The number of hydrogen-bond acceptors (Lipinski definition) is 4.